The van der Waals surface area contributed by atoms with E-state index >= 15 is 0 Å². The minimum Gasteiger partial charge on any atom is -0.545 e. The van der Waals surface area contributed by atoms with E-state index in [2.05, 4.69) is 6.58 Å². The van der Waals surface area contributed by atoms with E-state index in [0.717, 1.165) is 5.57 Å². The molecule has 0 atom stereocenters. The molecular weight excluding hydrogens is 190 g/mol. The zero-order valence-corrected chi connectivity index (χ0v) is 9.15. The van der Waals surface area contributed by atoms with Crippen LogP contribution >= 0.6 is 0 Å². The molecule has 0 aliphatic heterocycles. The topological polar surface area (TPSA) is 100 Å². The number of hydrogen-bond acceptors (Lipinski definition) is 5. The first-order valence-electron chi connectivity index (χ1n) is 3.25. The van der Waals surface area contributed by atoms with Crippen LogP contribution in [0.15, 0.2) is 24.3 Å². The van der Waals surface area contributed by atoms with Crippen molar-refractivity contribution in [3.05, 3.63) is 24.3 Å². The number of hydrogen-bond donors (Lipinski definition) is 1. The van der Waals surface area contributed by atoms with Gasteiger partial charge in [0.05, 0.1) is 18.5 Å². The molecule has 15 heavy (non-hydrogen) atoms. The van der Waals surface area contributed by atoms with E-state index in [0.29, 0.717) is 12.2 Å². The first-order valence-corrected chi connectivity index (χ1v) is 3.25. The minimum atomic E-state index is -1.55. The molecule has 0 aromatic rings. The third-order valence-corrected chi connectivity index (χ3v) is 0.625. The predicted molar refractivity (Wildman–Crippen MR) is 41.1 cm³/mol. The summed E-state index contributed by atoms with van der Waals surface area (Å²) >= 11 is 0. The molecule has 0 rings (SSSR count). The van der Waals surface area contributed by atoms with Gasteiger partial charge in [-0.2, -0.15) is 0 Å². The van der Waals surface area contributed by atoms with Crippen LogP contribution in [0.3, 0.4) is 0 Å². The Balaban J connectivity index is -0.0000000770. The second-order valence-electron chi connectivity index (χ2n) is 2.09. The van der Waals surface area contributed by atoms with Gasteiger partial charge in [0.15, 0.2) is 0 Å². The molecule has 0 bridgehead atoms. The molecule has 0 saturated heterocycles. The van der Waals surface area contributed by atoms with Crippen molar-refractivity contribution in [2.24, 2.45) is 0 Å². The zero-order valence-electron chi connectivity index (χ0n) is 9.15. The summed E-state index contributed by atoms with van der Waals surface area (Å²) in [6.07, 6.45) is 0.769. The van der Waals surface area contributed by atoms with E-state index in [-0.39, 0.29) is 44.3 Å². The maximum absolute atomic E-state index is 9.41. The maximum atomic E-state index is 9.41. The van der Waals surface area contributed by atoms with Gasteiger partial charge in [-0.1, -0.05) is 12.2 Å². The van der Waals surface area contributed by atoms with E-state index in [1.54, 1.807) is 6.92 Å². The molecule has 1 N–H and O–H groups in total. The smallest absolute Gasteiger partial charge is 0.545 e. The Morgan fingerprint density at radius 3 is 1.47 bits per heavy atom. The summed E-state index contributed by atoms with van der Waals surface area (Å²) in [5.74, 6) is -3.09. The number of aliphatic hydroxyl groups is 1. The molecule has 0 unspecified atom stereocenters. The van der Waals surface area contributed by atoms with Gasteiger partial charge < -0.3 is 24.9 Å². The van der Waals surface area contributed by atoms with E-state index in [1.807, 2.05) is 0 Å². The van der Waals surface area contributed by atoms with Crippen LogP contribution in [0.4, 0.5) is 0 Å². The van der Waals surface area contributed by atoms with Crippen molar-refractivity contribution in [2.75, 3.05) is 6.61 Å². The fraction of sp³-hybridized carbons (Fsp3) is 0.250. The van der Waals surface area contributed by atoms with Gasteiger partial charge in [0.2, 0.25) is 0 Å². The largest absolute Gasteiger partial charge is 1.00 e. The number of carbonyl (C=O) groups is 2. The van der Waals surface area contributed by atoms with Gasteiger partial charge in [0, 0.05) is 0 Å². The molecule has 0 aliphatic carbocycles. The Kier molecular flexibility index (Phi) is 25.7. The van der Waals surface area contributed by atoms with Crippen LogP contribution in [-0.4, -0.2) is 23.7 Å². The van der Waals surface area contributed by atoms with Crippen LogP contribution < -0.4 is 47.9 Å². The van der Waals surface area contributed by atoms with Crippen molar-refractivity contribution < 1.29 is 62.6 Å². The zero-order chi connectivity index (χ0) is 10.9. The van der Waals surface area contributed by atoms with Crippen LogP contribution in [-0.2, 0) is 9.59 Å². The Morgan fingerprint density at radius 1 is 1.20 bits per heavy atom. The number of rotatable bonds is 3. The van der Waals surface area contributed by atoms with Crippen molar-refractivity contribution in [1.29, 1.82) is 0 Å². The first kappa shape index (κ1) is 24.0. The summed E-state index contributed by atoms with van der Waals surface area (Å²) in [5, 5.41) is 26.9. The molecule has 7 heteroatoms. The van der Waals surface area contributed by atoms with Crippen molar-refractivity contribution in [3.63, 3.8) is 0 Å². The molecule has 0 aliphatic rings. The van der Waals surface area contributed by atoms with Gasteiger partial charge in [0.25, 0.3) is 0 Å². The Bertz CT molecular complexity index is 209. The predicted octanol–water partition coefficient (Wildman–Crippen LogP) is -8.39. The average Bonchev–Trinajstić information content (AvgIpc) is 2.02. The Morgan fingerprint density at radius 2 is 1.40 bits per heavy atom. The summed E-state index contributed by atoms with van der Waals surface area (Å²) < 4.78 is 0. The molecule has 5 nitrogen and oxygen atoms in total. The minimum absolute atomic E-state index is 0. The standard InChI is InChI=1S/C4H4O4.C4H8O.2Li/c5-3(6)1-2-4(7)8;1-4(2)3-5;;/h1-2H,(H,5,6)(H,7,8);5H,1,3H2,2H3;;/q;;2*+1/p-2/b2-1-;;;. The molecule has 0 fully saturated rings. The number of carboxylic acids is 2. The van der Waals surface area contributed by atoms with Gasteiger partial charge in [-0.15, -0.1) is 0 Å². The molecule has 0 amide bonds. The van der Waals surface area contributed by atoms with Crippen LogP contribution in [0.2, 0.25) is 0 Å². The molecule has 0 spiro atoms. The second-order valence-corrected chi connectivity index (χ2v) is 2.09. The van der Waals surface area contributed by atoms with E-state index in [1.165, 1.54) is 0 Å². The van der Waals surface area contributed by atoms with Gasteiger partial charge >= 0.3 is 37.7 Å². The molecule has 74 valence electrons. The molecule has 0 aromatic carbocycles. The van der Waals surface area contributed by atoms with Gasteiger partial charge in [-0.25, -0.2) is 0 Å². The van der Waals surface area contributed by atoms with Crippen molar-refractivity contribution in [3.8, 4) is 0 Å². The summed E-state index contributed by atoms with van der Waals surface area (Å²) in [4.78, 5) is 18.8. The van der Waals surface area contributed by atoms with Crippen LogP contribution in [0, 0.1) is 0 Å². The summed E-state index contributed by atoms with van der Waals surface area (Å²) in [5.41, 5.74) is 0.810. The summed E-state index contributed by atoms with van der Waals surface area (Å²) in [6.45, 7) is 5.31. The fourth-order valence-electron chi connectivity index (χ4n) is 0.136. The Labute approximate surface area is 112 Å². The van der Waals surface area contributed by atoms with Crippen LogP contribution in [0.5, 0.6) is 0 Å². The second kappa shape index (κ2) is 16.0. The molecular formula is C8H10Li2O5. The van der Waals surface area contributed by atoms with E-state index in [4.69, 9.17) is 5.11 Å². The number of aliphatic hydroxyl groups excluding tert-OH is 1. The Hall–Kier alpha value is -0.425. The van der Waals surface area contributed by atoms with E-state index in [9.17, 15) is 19.8 Å². The average molecular weight is 200 g/mol. The van der Waals surface area contributed by atoms with Crippen molar-refractivity contribution >= 4 is 11.9 Å². The SMILES string of the molecule is C=C(C)CO.O=C([O-])/C=C\C(=O)[O-].[Li+].[Li+]. The first-order chi connectivity index (χ1) is 5.90. The maximum Gasteiger partial charge on any atom is 1.00 e. The summed E-state index contributed by atoms with van der Waals surface area (Å²) in [6, 6.07) is 0. The van der Waals surface area contributed by atoms with Crippen LogP contribution in [0.1, 0.15) is 6.92 Å². The molecule has 0 heterocycles. The fourth-order valence-corrected chi connectivity index (χ4v) is 0.136. The molecule has 0 aromatic heterocycles. The number of aliphatic carboxylic acids is 2. The van der Waals surface area contributed by atoms with Gasteiger partial charge in [-0.05, 0) is 19.1 Å². The van der Waals surface area contributed by atoms with E-state index < -0.39 is 11.9 Å². The summed E-state index contributed by atoms with van der Waals surface area (Å²) in [7, 11) is 0. The van der Waals surface area contributed by atoms with Gasteiger partial charge in [-0.3, -0.25) is 0 Å². The third kappa shape index (κ3) is 42.1. The monoisotopic (exact) mass is 200 g/mol. The van der Waals surface area contributed by atoms with Crippen LogP contribution in [0.25, 0.3) is 0 Å². The normalized spacial score (nSPS) is 7.60. The third-order valence-electron chi connectivity index (χ3n) is 0.625. The van der Waals surface area contributed by atoms with Gasteiger partial charge in [0.1, 0.15) is 0 Å². The molecule has 0 saturated carbocycles. The number of carboxylic acid groups (broad SMARTS) is 2. The van der Waals surface area contributed by atoms with Crippen molar-refractivity contribution in [2.45, 2.75) is 6.92 Å². The molecule has 0 radical (unpaired) electrons. The van der Waals surface area contributed by atoms with Crippen molar-refractivity contribution in [1.82, 2.24) is 0 Å². The quantitative estimate of drug-likeness (QED) is 0.277. The number of carbonyl (C=O) groups excluding carboxylic acids is 2.